The van der Waals surface area contributed by atoms with Crippen molar-refractivity contribution < 1.29 is 13.9 Å². The standard InChI is InChI=1S/C21H25FN2O2/c1-17-8-10-18(11-9-17)26-16-4-7-21(25)24-14-12-23(13-15-24)20-6-3-2-5-19(20)22/h2-3,5-6,8-11H,4,7,12-16H2,1H3. The number of anilines is 1. The molecular weight excluding hydrogens is 331 g/mol. The molecule has 0 atom stereocenters. The molecule has 4 nitrogen and oxygen atoms in total. The average molecular weight is 356 g/mol. The first-order valence-corrected chi connectivity index (χ1v) is 9.10. The van der Waals surface area contributed by atoms with Gasteiger partial charge >= 0.3 is 0 Å². The van der Waals surface area contributed by atoms with Crippen LogP contribution in [0.3, 0.4) is 0 Å². The van der Waals surface area contributed by atoms with Gasteiger partial charge in [0.05, 0.1) is 12.3 Å². The highest BCUT2D eigenvalue weighted by Gasteiger charge is 2.22. The van der Waals surface area contributed by atoms with Gasteiger partial charge < -0.3 is 14.5 Å². The zero-order valence-electron chi connectivity index (χ0n) is 15.2. The third-order valence-electron chi connectivity index (χ3n) is 4.65. The molecule has 26 heavy (non-hydrogen) atoms. The smallest absolute Gasteiger partial charge is 0.222 e. The first kappa shape index (κ1) is 18.2. The number of carbonyl (C=O) groups excluding carboxylic acids is 1. The van der Waals surface area contributed by atoms with Gasteiger partial charge in [-0.05, 0) is 37.6 Å². The second kappa shape index (κ2) is 8.70. The van der Waals surface area contributed by atoms with Gasteiger partial charge in [0.15, 0.2) is 0 Å². The van der Waals surface area contributed by atoms with Crippen LogP contribution in [-0.4, -0.2) is 43.6 Å². The minimum absolute atomic E-state index is 0.144. The molecule has 3 rings (SSSR count). The van der Waals surface area contributed by atoms with Crippen molar-refractivity contribution in [3.63, 3.8) is 0 Å². The second-order valence-electron chi connectivity index (χ2n) is 6.58. The molecule has 0 aromatic heterocycles. The summed E-state index contributed by atoms with van der Waals surface area (Å²) < 4.78 is 19.5. The zero-order chi connectivity index (χ0) is 18.4. The van der Waals surface area contributed by atoms with Crippen LogP contribution in [0, 0.1) is 12.7 Å². The first-order chi connectivity index (χ1) is 12.6. The molecule has 0 aliphatic carbocycles. The van der Waals surface area contributed by atoms with Crippen molar-refractivity contribution in [2.75, 3.05) is 37.7 Å². The predicted octanol–water partition coefficient (Wildman–Crippen LogP) is 3.64. The number of rotatable bonds is 6. The Morgan fingerprint density at radius 3 is 2.42 bits per heavy atom. The molecule has 5 heteroatoms. The molecule has 0 radical (unpaired) electrons. The third-order valence-corrected chi connectivity index (χ3v) is 4.65. The Morgan fingerprint density at radius 1 is 1.04 bits per heavy atom. The molecule has 1 heterocycles. The van der Waals surface area contributed by atoms with E-state index in [4.69, 9.17) is 4.74 Å². The minimum atomic E-state index is -0.208. The molecule has 0 unspecified atom stereocenters. The molecule has 0 saturated carbocycles. The quantitative estimate of drug-likeness (QED) is 0.741. The summed E-state index contributed by atoms with van der Waals surface area (Å²) >= 11 is 0. The number of carbonyl (C=O) groups is 1. The lowest BCUT2D eigenvalue weighted by Crippen LogP contribution is -2.49. The number of ether oxygens (including phenoxy) is 1. The van der Waals surface area contributed by atoms with E-state index in [1.165, 1.54) is 11.6 Å². The summed E-state index contributed by atoms with van der Waals surface area (Å²) in [6, 6.07) is 14.7. The van der Waals surface area contributed by atoms with Gasteiger partial charge in [0.25, 0.3) is 0 Å². The second-order valence-corrected chi connectivity index (χ2v) is 6.58. The maximum Gasteiger partial charge on any atom is 0.222 e. The van der Waals surface area contributed by atoms with Crippen LogP contribution in [0.2, 0.25) is 0 Å². The maximum absolute atomic E-state index is 13.9. The Labute approximate surface area is 154 Å². The summed E-state index contributed by atoms with van der Waals surface area (Å²) in [5, 5.41) is 0. The predicted molar refractivity (Wildman–Crippen MR) is 101 cm³/mol. The molecule has 138 valence electrons. The fourth-order valence-corrected chi connectivity index (χ4v) is 3.11. The van der Waals surface area contributed by atoms with E-state index >= 15 is 0 Å². The van der Waals surface area contributed by atoms with Crippen LogP contribution < -0.4 is 9.64 Å². The molecule has 2 aromatic rings. The van der Waals surface area contributed by atoms with Crippen LogP contribution in [0.25, 0.3) is 0 Å². The summed E-state index contributed by atoms with van der Waals surface area (Å²) in [5.41, 5.74) is 1.81. The number of para-hydroxylation sites is 1. The van der Waals surface area contributed by atoms with Gasteiger partial charge in [-0.25, -0.2) is 4.39 Å². The fraction of sp³-hybridized carbons (Fsp3) is 0.381. The summed E-state index contributed by atoms with van der Waals surface area (Å²) in [5.74, 6) is 0.771. The number of hydrogen-bond acceptors (Lipinski definition) is 3. The van der Waals surface area contributed by atoms with Crippen molar-refractivity contribution in [2.24, 2.45) is 0 Å². The van der Waals surface area contributed by atoms with Crippen molar-refractivity contribution in [3.8, 4) is 5.75 Å². The highest BCUT2D eigenvalue weighted by atomic mass is 19.1. The van der Waals surface area contributed by atoms with E-state index in [2.05, 4.69) is 0 Å². The highest BCUT2D eigenvalue weighted by molar-refractivity contribution is 5.76. The Morgan fingerprint density at radius 2 is 1.73 bits per heavy atom. The molecule has 0 spiro atoms. The molecule has 1 saturated heterocycles. The van der Waals surface area contributed by atoms with Crippen molar-refractivity contribution in [1.82, 2.24) is 4.90 Å². The van der Waals surface area contributed by atoms with Gasteiger partial charge in [-0.3, -0.25) is 4.79 Å². The van der Waals surface area contributed by atoms with Gasteiger partial charge in [-0.1, -0.05) is 29.8 Å². The van der Waals surface area contributed by atoms with E-state index in [-0.39, 0.29) is 11.7 Å². The van der Waals surface area contributed by atoms with Gasteiger partial charge in [-0.2, -0.15) is 0 Å². The van der Waals surface area contributed by atoms with E-state index in [1.54, 1.807) is 12.1 Å². The summed E-state index contributed by atoms with van der Waals surface area (Å²) in [6.45, 7) is 5.15. The average Bonchev–Trinajstić information content (AvgIpc) is 2.67. The Balaban J connectivity index is 1.38. The number of benzene rings is 2. The third kappa shape index (κ3) is 4.75. The lowest BCUT2D eigenvalue weighted by Gasteiger charge is -2.36. The number of piperazine rings is 1. The summed E-state index contributed by atoms with van der Waals surface area (Å²) in [4.78, 5) is 16.2. The van der Waals surface area contributed by atoms with Crippen LogP contribution in [0.5, 0.6) is 5.75 Å². The fourth-order valence-electron chi connectivity index (χ4n) is 3.11. The Bertz CT molecular complexity index is 725. The summed E-state index contributed by atoms with van der Waals surface area (Å²) in [7, 11) is 0. The SMILES string of the molecule is Cc1ccc(OCCCC(=O)N2CCN(c3ccccc3F)CC2)cc1. The van der Waals surface area contributed by atoms with Crippen LogP contribution in [0.1, 0.15) is 18.4 Å². The summed E-state index contributed by atoms with van der Waals surface area (Å²) in [6.07, 6.45) is 1.17. The van der Waals surface area contributed by atoms with Crippen molar-refractivity contribution in [3.05, 3.63) is 59.9 Å². The molecule has 0 bridgehead atoms. The van der Waals surface area contributed by atoms with E-state index in [9.17, 15) is 9.18 Å². The Kier molecular flexibility index (Phi) is 6.10. The maximum atomic E-state index is 13.9. The van der Waals surface area contributed by atoms with Gasteiger partial charge in [0.2, 0.25) is 5.91 Å². The van der Waals surface area contributed by atoms with E-state index in [1.807, 2.05) is 47.1 Å². The lowest BCUT2D eigenvalue weighted by atomic mass is 10.2. The number of halogens is 1. The topological polar surface area (TPSA) is 32.8 Å². The van der Waals surface area contributed by atoms with E-state index in [0.717, 1.165) is 5.75 Å². The van der Waals surface area contributed by atoms with Crippen LogP contribution >= 0.6 is 0 Å². The normalized spacial score (nSPS) is 14.4. The van der Waals surface area contributed by atoms with E-state index in [0.29, 0.717) is 51.3 Å². The van der Waals surface area contributed by atoms with Gasteiger partial charge in [0, 0.05) is 32.6 Å². The molecule has 1 amide bonds. The number of hydrogen-bond donors (Lipinski definition) is 0. The van der Waals surface area contributed by atoms with Crippen LogP contribution in [-0.2, 0) is 4.79 Å². The Hall–Kier alpha value is -2.56. The lowest BCUT2D eigenvalue weighted by molar-refractivity contribution is -0.131. The highest BCUT2D eigenvalue weighted by Crippen LogP contribution is 2.20. The minimum Gasteiger partial charge on any atom is -0.494 e. The monoisotopic (exact) mass is 356 g/mol. The van der Waals surface area contributed by atoms with Gasteiger partial charge in [0.1, 0.15) is 11.6 Å². The van der Waals surface area contributed by atoms with Gasteiger partial charge in [-0.15, -0.1) is 0 Å². The molecule has 1 aliphatic heterocycles. The molecule has 0 N–H and O–H groups in total. The zero-order valence-corrected chi connectivity index (χ0v) is 15.2. The number of amides is 1. The molecular formula is C21H25FN2O2. The van der Waals surface area contributed by atoms with Crippen molar-refractivity contribution >= 4 is 11.6 Å². The molecule has 1 aliphatic rings. The van der Waals surface area contributed by atoms with Crippen LogP contribution in [0.4, 0.5) is 10.1 Å². The number of nitrogens with zero attached hydrogens (tertiary/aromatic N) is 2. The van der Waals surface area contributed by atoms with E-state index < -0.39 is 0 Å². The van der Waals surface area contributed by atoms with Crippen molar-refractivity contribution in [1.29, 1.82) is 0 Å². The molecule has 1 fully saturated rings. The first-order valence-electron chi connectivity index (χ1n) is 9.10. The molecule has 2 aromatic carbocycles. The van der Waals surface area contributed by atoms with Crippen molar-refractivity contribution in [2.45, 2.75) is 19.8 Å². The van der Waals surface area contributed by atoms with Crippen LogP contribution in [0.15, 0.2) is 48.5 Å². The largest absolute Gasteiger partial charge is 0.494 e. The number of aryl methyl sites for hydroxylation is 1.